The molecule has 1 aromatic heterocycles. The number of para-hydroxylation sites is 1. The van der Waals surface area contributed by atoms with Crippen LogP contribution >= 0.6 is 11.6 Å². The van der Waals surface area contributed by atoms with E-state index >= 15 is 0 Å². The lowest BCUT2D eigenvalue weighted by Crippen LogP contribution is -2.56. The molecule has 2 heterocycles. The van der Waals surface area contributed by atoms with E-state index in [2.05, 4.69) is 20.2 Å². The highest BCUT2D eigenvalue weighted by Crippen LogP contribution is 2.19. The van der Waals surface area contributed by atoms with E-state index in [0.29, 0.717) is 55.0 Å². The molecule has 8 nitrogen and oxygen atoms in total. The van der Waals surface area contributed by atoms with E-state index in [0.717, 1.165) is 17.3 Å². The first-order valence-corrected chi connectivity index (χ1v) is 12.3. The lowest BCUT2D eigenvalue weighted by molar-refractivity contribution is -0.136. The number of aromatic nitrogens is 2. The largest absolute Gasteiger partial charge is 0.383 e. The number of carbonyl (C=O) groups excluding carboxylic acids is 2. The van der Waals surface area contributed by atoms with Gasteiger partial charge >= 0.3 is 0 Å². The summed E-state index contributed by atoms with van der Waals surface area (Å²) in [6, 6.07) is 13.8. The van der Waals surface area contributed by atoms with Crippen molar-refractivity contribution in [3.05, 3.63) is 64.9 Å². The molecule has 2 aromatic carbocycles. The number of hydrogen-bond donors (Lipinski definition) is 2. The lowest BCUT2D eigenvalue weighted by Gasteiger charge is -2.37. The summed E-state index contributed by atoms with van der Waals surface area (Å²) in [5.74, 6) is 0.837. The molecule has 1 aliphatic rings. The number of hydrogen-bond acceptors (Lipinski definition) is 6. The fourth-order valence-corrected chi connectivity index (χ4v) is 4.38. The number of rotatable bonds is 7. The summed E-state index contributed by atoms with van der Waals surface area (Å²) in [6.07, 6.45) is 0.776. The third-order valence-electron chi connectivity index (χ3n) is 6.60. The molecular weight excluding hydrogens is 464 g/mol. The van der Waals surface area contributed by atoms with Crippen LogP contribution in [0.2, 0.25) is 5.02 Å². The van der Waals surface area contributed by atoms with Gasteiger partial charge in [-0.3, -0.25) is 14.5 Å². The molecule has 1 aliphatic heterocycles. The van der Waals surface area contributed by atoms with E-state index in [1.807, 2.05) is 43.0 Å². The monoisotopic (exact) mass is 494 g/mol. The SMILES string of the molecule is CC[C@H](C)[C@@H](NC(=O)c1ccc(Cl)cc1)C(=O)N1CCN(Cc2nc(N)c3ccccc3n2)CC1. The third kappa shape index (κ3) is 5.89. The number of nitrogens with zero attached hydrogens (tertiary/aromatic N) is 4. The highest BCUT2D eigenvalue weighted by atomic mass is 35.5. The Kier molecular flexibility index (Phi) is 7.83. The van der Waals surface area contributed by atoms with E-state index in [1.54, 1.807) is 24.3 Å². The van der Waals surface area contributed by atoms with Crippen molar-refractivity contribution in [2.24, 2.45) is 5.92 Å². The lowest BCUT2D eigenvalue weighted by atomic mass is 9.97. The maximum absolute atomic E-state index is 13.4. The van der Waals surface area contributed by atoms with Gasteiger partial charge in [-0.2, -0.15) is 0 Å². The van der Waals surface area contributed by atoms with Gasteiger partial charge in [-0.15, -0.1) is 0 Å². The number of nitrogens with one attached hydrogen (secondary N) is 1. The van der Waals surface area contributed by atoms with Crippen LogP contribution in [0, 0.1) is 5.92 Å². The van der Waals surface area contributed by atoms with Crippen molar-refractivity contribution in [2.45, 2.75) is 32.9 Å². The van der Waals surface area contributed by atoms with Crippen molar-refractivity contribution in [1.29, 1.82) is 0 Å². The van der Waals surface area contributed by atoms with Gasteiger partial charge in [-0.05, 0) is 42.3 Å². The molecular formula is C26H31ClN6O2. The Morgan fingerprint density at radius 1 is 1.06 bits per heavy atom. The van der Waals surface area contributed by atoms with Gasteiger partial charge in [0.2, 0.25) is 5.91 Å². The number of benzene rings is 2. The summed E-state index contributed by atoms with van der Waals surface area (Å²) in [5.41, 5.74) is 7.44. The zero-order valence-electron chi connectivity index (χ0n) is 20.1. The number of halogens is 1. The number of nitrogens with two attached hydrogens (primary N) is 1. The number of amides is 2. The van der Waals surface area contributed by atoms with Gasteiger partial charge in [0.25, 0.3) is 5.91 Å². The molecule has 1 saturated heterocycles. The van der Waals surface area contributed by atoms with Gasteiger partial charge < -0.3 is 16.0 Å². The zero-order chi connectivity index (χ0) is 24.9. The quantitative estimate of drug-likeness (QED) is 0.522. The predicted octanol–water partition coefficient (Wildman–Crippen LogP) is 3.35. The summed E-state index contributed by atoms with van der Waals surface area (Å²) < 4.78 is 0. The van der Waals surface area contributed by atoms with E-state index in [9.17, 15) is 9.59 Å². The number of anilines is 1. The van der Waals surface area contributed by atoms with E-state index < -0.39 is 6.04 Å². The standard InChI is InChI=1S/C26H31ClN6O2/c1-3-17(2)23(31-25(34)18-8-10-19(27)11-9-18)26(35)33-14-12-32(13-15-33)16-22-29-21-7-5-4-6-20(21)24(28)30-22/h4-11,17,23H,3,12-16H2,1-2H3,(H,31,34)(H2,28,29,30)/t17-,23+/m0/s1. The average Bonchev–Trinajstić information content (AvgIpc) is 2.87. The van der Waals surface area contributed by atoms with Crippen LogP contribution in [0.3, 0.4) is 0 Å². The average molecular weight is 495 g/mol. The normalized spacial score (nSPS) is 16.1. The minimum absolute atomic E-state index is 0.00533. The molecule has 0 spiro atoms. The summed E-state index contributed by atoms with van der Waals surface area (Å²) >= 11 is 5.93. The highest BCUT2D eigenvalue weighted by Gasteiger charge is 2.32. The van der Waals surface area contributed by atoms with Crippen molar-refractivity contribution >= 4 is 40.1 Å². The molecule has 3 aromatic rings. The van der Waals surface area contributed by atoms with Crippen molar-refractivity contribution < 1.29 is 9.59 Å². The van der Waals surface area contributed by atoms with Gasteiger partial charge in [-0.1, -0.05) is 44.0 Å². The zero-order valence-corrected chi connectivity index (χ0v) is 20.8. The summed E-state index contributed by atoms with van der Waals surface area (Å²) in [5, 5.41) is 4.37. The molecule has 0 aliphatic carbocycles. The molecule has 4 rings (SSSR count). The Morgan fingerprint density at radius 2 is 1.74 bits per heavy atom. The van der Waals surface area contributed by atoms with Gasteiger partial charge in [0.05, 0.1) is 12.1 Å². The molecule has 3 N–H and O–H groups in total. The van der Waals surface area contributed by atoms with Crippen LogP contribution in [0.25, 0.3) is 10.9 Å². The number of piperazine rings is 1. The van der Waals surface area contributed by atoms with Crippen LogP contribution in [0.1, 0.15) is 36.5 Å². The Hall–Kier alpha value is -3.23. The second-order valence-corrected chi connectivity index (χ2v) is 9.42. The van der Waals surface area contributed by atoms with Crippen molar-refractivity contribution in [1.82, 2.24) is 25.1 Å². The van der Waals surface area contributed by atoms with E-state index in [1.165, 1.54) is 0 Å². The molecule has 0 unspecified atom stereocenters. The molecule has 0 bridgehead atoms. The van der Waals surface area contributed by atoms with Crippen LogP contribution in [0.5, 0.6) is 0 Å². The molecule has 0 saturated carbocycles. The van der Waals surface area contributed by atoms with Gasteiger partial charge in [0.1, 0.15) is 17.7 Å². The minimum Gasteiger partial charge on any atom is -0.383 e. The maximum atomic E-state index is 13.4. The van der Waals surface area contributed by atoms with Gasteiger partial charge in [0, 0.05) is 42.2 Å². The first-order valence-electron chi connectivity index (χ1n) is 11.9. The number of carbonyl (C=O) groups is 2. The van der Waals surface area contributed by atoms with Crippen LogP contribution in [0.15, 0.2) is 48.5 Å². The first-order chi connectivity index (χ1) is 16.9. The molecule has 2 amide bonds. The smallest absolute Gasteiger partial charge is 0.251 e. The Bertz CT molecular complexity index is 1190. The van der Waals surface area contributed by atoms with E-state index in [4.69, 9.17) is 17.3 Å². The number of fused-ring (bicyclic) bond motifs is 1. The van der Waals surface area contributed by atoms with Gasteiger partial charge in [-0.25, -0.2) is 9.97 Å². The predicted molar refractivity (Wildman–Crippen MR) is 138 cm³/mol. The fraction of sp³-hybridized carbons (Fsp3) is 0.385. The molecule has 9 heteroatoms. The van der Waals surface area contributed by atoms with Gasteiger partial charge in [0.15, 0.2) is 0 Å². The van der Waals surface area contributed by atoms with E-state index in [-0.39, 0.29) is 17.7 Å². The topological polar surface area (TPSA) is 104 Å². The second kappa shape index (κ2) is 11.0. The third-order valence-corrected chi connectivity index (χ3v) is 6.85. The highest BCUT2D eigenvalue weighted by molar-refractivity contribution is 6.30. The van der Waals surface area contributed by atoms with Crippen molar-refractivity contribution in [3.63, 3.8) is 0 Å². The molecule has 35 heavy (non-hydrogen) atoms. The molecule has 2 atom stereocenters. The fourth-order valence-electron chi connectivity index (χ4n) is 4.25. The molecule has 184 valence electrons. The number of nitrogen functional groups attached to an aromatic ring is 1. The summed E-state index contributed by atoms with van der Waals surface area (Å²) in [6.45, 7) is 7.12. The minimum atomic E-state index is -0.585. The Morgan fingerprint density at radius 3 is 2.43 bits per heavy atom. The maximum Gasteiger partial charge on any atom is 0.251 e. The Labute approximate surface area is 210 Å². The summed E-state index contributed by atoms with van der Waals surface area (Å²) in [4.78, 5) is 39.4. The Balaban J connectivity index is 1.38. The van der Waals surface area contributed by atoms with Crippen LogP contribution in [-0.2, 0) is 11.3 Å². The van der Waals surface area contributed by atoms with Crippen LogP contribution in [-0.4, -0.2) is 63.8 Å². The second-order valence-electron chi connectivity index (χ2n) is 8.99. The van der Waals surface area contributed by atoms with Crippen molar-refractivity contribution in [2.75, 3.05) is 31.9 Å². The first kappa shape index (κ1) is 24.9. The van der Waals surface area contributed by atoms with Crippen LogP contribution in [0.4, 0.5) is 5.82 Å². The summed E-state index contributed by atoms with van der Waals surface area (Å²) in [7, 11) is 0. The van der Waals surface area contributed by atoms with Crippen molar-refractivity contribution in [3.8, 4) is 0 Å². The van der Waals surface area contributed by atoms with Crippen LogP contribution < -0.4 is 11.1 Å². The molecule has 1 fully saturated rings. The molecule has 0 radical (unpaired) electrons.